The molecule has 13 heteroatoms. The summed E-state index contributed by atoms with van der Waals surface area (Å²) in [5.74, 6) is -2.89. The number of imide groups is 2. The van der Waals surface area contributed by atoms with Crippen LogP contribution in [-0.4, -0.2) is 57.8 Å². The highest BCUT2D eigenvalue weighted by molar-refractivity contribution is 6.20. The van der Waals surface area contributed by atoms with E-state index in [2.05, 4.69) is 20.7 Å². The minimum atomic E-state index is -4.68. The molecule has 0 unspecified atom stereocenters. The topological polar surface area (TPSA) is 129 Å². The van der Waals surface area contributed by atoms with Gasteiger partial charge < -0.3 is 9.64 Å². The molecule has 1 aromatic carbocycles. The van der Waals surface area contributed by atoms with Gasteiger partial charge in [0.2, 0.25) is 17.6 Å². The molecular weight excluding hydrogens is 445 g/mol. The monoisotopic (exact) mass is 464 g/mol. The smallest absolute Gasteiger partial charge is 0.372 e. The number of hydrogen-bond donors (Lipinski definition) is 3. The Balaban J connectivity index is 1.63. The minimum absolute atomic E-state index is 0.0824. The van der Waals surface area contributed by atoms with Crippen LogP contribution in [0.15, 0.2) is 18.2 Å². The van der Waals surface area contributed by atoms with Crippen molar-refractivity contribution < 1.29 is 32.3 Å². The minimum Gasteiger partial charge on any atom is -0.372 e. The van der Waals surface area contributed by atoms with Gasteiger partial charge in [-0.3, -0.25) is 25.3 Å². The average Bonchev–Trinajstić information content (AvgIpc) is 3.22. The number of urea groups is 1. The Morgan fingerprint density at radius 1 is 1.15 bits per heavy atom. The van der Waals surface area contributed by atoms with Gasteiger partial charge in [-0.2, -0.15) is 18.3 Å². The number of morpholine rings is 1. The van der Waals surface area contributed by atoms with E-state index in [9.17, 15) is 27.6 Å². The Bertz CT molecular complexity index is 1160. The van der Waals surface area contributed by atoms with Gasteiger partial charge in [0.05, 0.1) is 18.2 Å². The fraction of sp³-hybridized carbons (Fsp3) is 0.450. The largest absolute Gasteiger partial charge is 0.451 e. The van der Waals surface area contributed by atoms with Gasteiger partial charge in [-0.25, -0.2) is 9.78 Å². The number of aromatic amines is 1. The van der Waals surface area contributed by atoms with Crippen molar-refractivity contribution >= 4 is 23.5 Å². The molecule has 0 bridgehead atoms. The zero-order valence-electron chi connectivity index (χ0n) is 17.5. The van der Waals surface area contributed by atoms with Crippen LogP contribution in [0.2, 0.25) is 0 Å². The van der Waals surface area contributed by atoms with Gasteiger partial charge in [0.25, 0.3) is 0 Å². The summed E-state index contributed by atoms with van der Waals surface area (Å²) < 4.78 is 44.7. The molecule has 0 radical (unpaired) electrons. The van der Waals surface area contributed by atoms with E-state index in [0.717, 1.165) is 5.69 Å². The Kier molecular flexibility index (Phi) is 4.54. The van der Waals surface area contributed by atoms with E-state index >= 15 is 0 Å². The molecule has 0 aliphatic carbocycles. The van der Waals surface area contributed by atoms with E-state index in [1.807, 2.05) is 16.9 Å². The summed E-state index contributed by atoms with van der Waals surface area (Å²) >= 11 is 0. The van der Waals surface area contributed by atoms with Crippen molar-refractivity contribution in [2.45, 2.75) is 44.7 Å². The Hall–Kier alpha value is -3.48. The molecule has 4 heterocycles. The normalized spacial score (nSPS) is 26.5. The molecule has 33 heavy (non-hydrogen) atoms. The molecular formula is C20H19F3N6O4. The van der Waals surface area contributed by atoms with Crippen molar-refractivity contribution in [1.82, 2.24) is 25.8 Å². The van der Waals surface area contributed by atoms with Crippen molar-refractivity contribution in [2.24, 2.45) is 5.41 Å². The Morgan fingerprint density at radius 2 is 1.85 bits per heavy atom. The second-order valence-corrected chi connectivity index (χ2v) is 8.48. The van der Waals surface area contributed by atoms with E-state index in [1.54, 1.807) is 25.1 Å². The summed E-state index contributed by atoms with van der Waals surface area (Å²) in [4.78, 5) is 43.4. The number of alkyl halides is 3. The molecule has 3 atom stereocenters. The Labute approximate surface area is 184 Å². The van der Waals surface area contributed by atoms with Crippen LogP contribution in [0.5, 0.6) is 0 Å². The second-order valence-electron chi connectivity index (χ2n) is 8.48. The van der Waals surface area contributed by atoms with Crippen LogP contribution in [0.4, 0.5) is 23.7 Å². The highest BCUT2D eigenvalue weighted by Gasteiger charge is 2.62. The number of hydrogen-bond acceptors (Lipinski definition) is 7. The molecule has 5 rings (SSSR count). The molecule has 2 saturated heterocycles. The van der Waals surface area contributed by atoms with Crippen LogP contribution in [0.3, 0.4) is 0 Å². The SMILES string of the molecule is C[C@@H]1CN2c3ccc(-c4n[nH]c(C(F)(F)F)n4)cc3CC3(C(=O)NC(=O)NC3=O)[C@H]2[C@H](C)O1. The second kappa shape index (κ2) is 7.01. The van der Waals surface area contributed by atoms with E-state index in [4.69, 9.17) is 4.74 Å². The van der Waals surface area contributed by atoms with Gasteiger partial charge >= 0.3 is 12.2 Å². The van der Waals surface area contributed by atoms with E-state index in [1.165, 1.54) is 0 Å². The van der Waals surface area contributed by atoms with Gasteiger partial charge in [-0.05, 0) is 44.0 Å². The van der Waals surface area contributed by atoms with E-state index < -0.39 is 47.4 Å². The van der Waals surface area contributed by atoms with Crippen LogP contribution < -0.4 is 15.5 Å². The number of barbiturate groups is 1. The lowest BCUT2D eigenvalue weighted by Crippen LogP contribution is -2.75. The number of anilines is 1. The van der Waals surface area contributed by atoms with Crippen molar-refractivity contribution in [1.29, 1.82) is 0 Å². The quantitative estimate of drug-likeness (QED) is 0.544. The van der Waals surface area contributed by atoms with Crippen molar-refractivity contribution in [3.63, 3.8) is 0 Å². The molecule has 1 aromatic heterocycles. The predicted molar refractivity (Wildman–Crippen MR) is 106 cm³/mol. The predicted octanol–water partition coefficient (Wildman–Crippen LogP) is 1.38. The first-order valence-corrected chi connectivity index (χ1v) is 10.2. The summed E-state index contributed by atoms with van der Waals surface area (Å²) in [5.41, 5.74) is -0.116. The first-order chi connectivity index (χ1) is 15.5. The van der Waals surface area contributed by atoms with Crippen LogP contribution in [-0.2, 0) is 26.9 Å². The molecule has 2 aromatic rings. The van der Waals surface area contributed by atoms with Gasteiger partial charge in [0.1, 0.15) is 0 Å². The van der Waals surface area contributed by atoms with Crippen molar-refractivity contribution in [2.75, 3.05) is 11.4 Å². The number of rotatable bonds is 1. The number of carbonyl (C=O) groups is 3. The Morgan fingerprint density at radius 3 is 2.48 bits per heavy atom. The maximum atomic E-state index is 13.1. The highest BCUT2D eigenvalue weighted by Crippen LogP contribution is 2.47. The highest BCUT2D eigenvalue weighted by atomic mass is 19.4. The lowest BCUT2D eigenvalue weighted by atomic mass is 9.66. The third-order valence-corrected chi connectivity index (χ3v) is 6.32. The number of aromatic nitrogens is 3. The van der Waals surface area contributed by atoms with Gasteiger partial charge in [-0.1, -0.05) is 0 Å². The first kappa shape index (κ1) is 21.4. The van der Waals surface area contributed by atoms with Crippen LogP contribution in [0, 0.1) is 5.41 Å². The standard InChI is InChI=1S/C20H19F3N6O4/c1-8-7-29-12-4-3-10(14-24-15(28-27-14)20(21,22)23)5-11(12)6-19(13(29)9(2)33-8)16(30)25-18(32)26-17(19)31/h3-5,8-9,13H,6-7H2,1-2H3,(H,24,27,28)(H2,25,26,30,31,32)/t8-,9+,13-/m1/s1. The van der Waals surface area contributed by atoms with Crippen molar-refractivity contribution in [3.8, 4) is 11.4 Å². The van der Waals surface area contributed by atoms with E-state index in [0.29, 0.717) is 12.1 Å². The maximum Gasteiger partial charge on any atom is 0.451 e. The number of halogens is 3. The third-order valence-electron chi connectivity index (χ3n) is 6.32. The van der Waals surface area contributed by atoms with Gasteiger partial charge in [0.15, 0.2) is 11.2 Å². The lowest BCUT2D eigenvalue weighted by molar-refractivity contribution is -0.153. The van der Waals surface area contributed by atoms with Gasteiger partial charge in [0, 0.05) is 17.8 Å². The number of benzene rings is 1. The molecule has 2 fully saturated rings. The molecule has 3 N–H and O–H groups in total. The average molecular weight is 464 g/mol. The van der Waals surface area contributed by atoms with Gasteiger partial charge in [-0.15, -0.1) is 0 Å². The number of carbonyl (C=O) groups excluding carboxylic acids is 3. The molecule has 174 valence electrons. The summed E-state index contributed by atoms with van der Waals surface area (Å²) in [6.45, 7) is 3.99. The van der Waals surface area contributed by atoms with Crippen LogP contribution >= 0.6 is 0 Å². The number of amides is 4. The zero-order chi connectivity index (χ0) is 23.7. The summed E-state index contributed by atoms with van der Waals surface area (Å²) in [6.07, 6.45) is -5.49. The number of H-pyrrole nitrogens is 1. The third kappa shape index (κ3) is 3.17. The molecule has 10 nitrogen and oxygen atoms in total. The number of nitrogens with one attached hydrogen (secondary N) is 3. The molecule has 1 spiro atoms. The van der Waals surface area contributed by atoms with Crippen LogP contribution in [0.25, 0.3) is 11.4 Å². The lowest BCUT2D eigenvalue weighted by Gasteiger charge is -2.55. The molecule has 3 aliphatic heterocycles. The van der Waals surface area contributed by atoms with Crippen molar-refractivity contribution in [3.05, 3.63) is 29.6 Å². The zero-order valence-corrected chi connectivity index (χ0v) is 17.5. The first-order valence-electron chi connectivity index (χ1n) is 10.2. The summed E-state index contributed by atoms with van der Waals surface area (Å²) in [7, 11) is 0. The number of ether oxygens (including phenoxy) is 1. The molecule has 0 saturated carbocycles. The van der Waals surface area contributed by atoms with Crippen LogP contribution in [0.1, 0.15) is 25.2 Å². The number of fused-ring (bicyclic) bond motifs is 4. The summed E-state index contributed by atoms with van der Waals surface area (Å²) in [5, 5.41) is 9.91. The molecule has 3 aliphatic rings. The maximum absolute atomic E-state index is 13.1. The summed E-state index contributed by atoms with van der Waals surface area (Å²) in [6, 6.07) is 3.27. The number of nitrogens with zero attached hydrogens (tertiary/aromatic N) is 3. The molecule has 4 amide bonds. The fourth-order valence-electron chi connectivity index (χ4n) is 5.10. The van der Waals surface area contributed by atoms with E-state index in [-0.39, 0.29) is 23.9 Å². The fourth-order valence-corrected chi connectivity index (χ4v) is 5.10.